The molecular formula is C14H23N7. The molecule has 0 spiro atoms. The van der Waals surface area contributed by atoms with Gasteiger partial charge >= 0.3 is 0 Å². The van der Waals surface area contributed by atoms with Crippen molar-refractivity contribution < 1.29 is 0 Å². The van der Waals surface area contributed by atoms with Crippen LogP contribution in [0.15, 0.2) is 6.33 Å². The Bertz CT molecular complexity index is 608. The maximum absolute atomic E-state index is 4.69. The van der Waals surface area contributed by atoms with E-state index < -0.39 is 0 Å². The van der Waals surface area contributed by atoms with Gasteiger partial charge in [0.05, 0.1) is 6.33 Å². The Kier molecular flexibility index (Phi) is 3.92. The van der Waals surface area contributed by atoms with Gasteiger partial charge in [0, 0.05) is 32.2 Å². The largest absolute Gasteiger partial charge is 0.354 e. The van der Waals surface area contributed by atoms with E-state index in [-0.39, 0.29) is 0 Å². The minimum atomic E-state index is 0.564. The summed E-state index contributed by atoms with van der Waals surface area (Å²) >= 11 is 0. The number of likely N-dealkylation sites (N-methyl/N-ethyl adjacent to an activating group) is 1. The standard InChI is InChI=1S/C14H23N7/c1-4-10-8-21(7-6-20(10)3)13-11-12(17-9-16-11)18-14(19-13)15-5-2/h9-10H,4-8H2,1-3H3,(H2,15,16,17,18,19). The van der Waals surface area contributed by atoms with Gasteiger partial charge in [0.15, 0.2) is 11.5 Å². The molecule has 1 atom stereocenters. The van der Waals surface area contributed by atoms with Crippen molar-refractivity contribution in [1.29, 1.82) is 0 Å². The van der Waals surface area contributed by atoms with E-state index >= 15 is 0 Å². The number of hydrogen-bond acceptors (Lipinski definition) is 6. The molecule has 3 rings (SSSR count). The highest BCUT2D eigenvalue weighted by molar-refractivity contribution is 5.84. The summed E-state index contributed by atoms with van der Waals surface area (Å²) in [4.78, 5) is 21.4. The Morgan fingerprint density at radius 1 is 1.33 bits per heavy atom. The number of anilines is 2. The van der Waals surface area contributed by atoms with Crippen LogP contribution in [0, 0.1) is 0 Å². The molecule has 0 aliphatic carbocycles. The molecule has 7 nitrogen and oxygen atoms in total. The van der Waals surface area contributed by atoms with Crippen molar-refractivity contribution in [2.75, 3.05) is 43.4 Å². The molecule has 0 saturated carbocycles. The monoisotopic (exact) mass is 289 g/mol. The molecule has 2 aromatic heterocycles. The van der Waals surface area contributed by atoms with Crippen LogP contribution < -0.4 is 10.2 Å². The van der Waals surface area contributed by atoms with Gasteiger partial charge in [0.1, 0.15) is 5.52 Å². The van der Waals surface area contributed by atoms with Gasteiger partial charge in [0.2, 0.25) is 5.95 Å². The van der Waals surface area contributed by atoms with E-state index in [4.69, 9.17) is 4.98 Å². The quantitative estimate of drug-likeness (QED) is 0.884. The molecule has 21 heavy (non-hydrogen) atoms. The lowest BCUT2D eigenvalue weighted by Crippen LogP contribution is -2.51. The maximum Gasteiger partial charge on any atom is 0.226 e. The Labute approximate surface area is 124 Å². The van der Waals surface area contributed by atoms with Crippen molar-refractivity contribution in [2.24, 2.45) is 0 Å². The fraction of sp³-hybridized carbons (Fsp3) is 0.643. The van der Waals surface area contributed by atoms with Gasteiger partial charge in [-0.05, 0) is 20.4 Å². The first kappa shape index (κ1) is 14.1. The van der Waals surface area contributed by atoms with Crippen molar-refractivity contribution in [3.05, 3.63) is 6.33 Å². The second-order valence-corrected chi connectivity index (χ2v) is 5.49. The van der Waals surface area contributed by atoms with Gasteiger partial charge < -0.3 is 15.2 Å². The van der Waals surface area contributed by atoms with Crippen LogP contribution in [-0.2, 0) is 0 Å². The second-order valence-electron chi connectivity index (χ2n) is 5.49. The number of aromatic amines is 1. The van der Waals surface area contributed by atoms with Crippen molar-refractivity contribution in [1.82, 2.24) is 24.8 Å². The highest BCUT2D eigenvalue weighted by atomic mass is 15.3. The molecule has 1 aliphatic heterocycles. The predicted molar refractivity (Wildman–Crippen MR) is 84.8 cm³/mol. The summed E-state index contributed by atoms with van der Waals surface area (Å²) in [5, 5.41) is 3.19. The number of piperazine rings is 1. The fourth-order valence-corrected chi connectivity index (χ4v) is 2.86. The Morgan fingerprint density at radius 3 is 2.95 bits per heavy atom. The third-order valence-corrected chi connectivity index (χ3v) is 4.15. The molecule has 1 fully saturated rings. The van der Waals surface area contributed by atoms with Crippen LogP contribution in [-0.4, -0.2) is 64.1 Å². The maximum atomic E-state index is 4.69. The fourth-order valence-electron chi connectivity index (χ4n) is 2.86. The summed E-state index contributed by atoms with van der Waals surface area (Å²) in [5.41, 5.74) is 1.65. The number of fused-ring (bicyclic) bond motifs is 1. The van der Waals surface area contributed by atoms with E-state index in [0.29, 0.717) is 12.0 Å². The van der Waals surface area contributed by atoms with E-state index in [2.05, 4.69) is 44.0 Å². The van der Waals surface area contributed by atoms with Crippen molar-refractivity contribution in [2.45, 2.75) is 26.3 Å². The van der Waals surface area contributed by atoms with Gasteiger partial charge in [-0.2, -0.15) is 9.97 Å². The normalized spacial score (nSPS) is 20.1. The lowest BCUT2D eigenvalue weighted by atomic mass is 10.1. The Balaban J connectivity index is 1.96. The van der Waals surface area contributed by atoms with Crippen molar-refractivity contribution in [3.63, 3.8) is 0 Å². The summed E-state index contributed by atoms with van der Waals surface area (Å²) < 4.78 is 0. The smallest absolute Gasteiger partial charge is 0.226 e. The number of hydrogen-bond donors (Lipinski definition) is 2. The van der Waals surface area contributed by atoms with E-state index in [9.17, 15) is 0 Å². The minimum absolute atomic E-state index is 0.564. The predicted octanol–water partition coefficient (Wildman–Crippen LogP) is 1.32. The van der Waals surface area contributed by atoms with Gasteiger partial charge in [0.25, 0.3) is 0 Å². The van der Waals surface area contributed by atoms with Gasteiger partial charge in [-0.15, -0.1) is 0 Å². The summed E-state index contributed by atoms with van der Waals surface area (Å²) in [6, 6.07) is 0.564. The Hall–Kier alpha value is -1.89. The molecule has 1 saturated heterocycles. The molecule has 114 valence electrons. The molecule has 1 unspecified atom stereocenters. The first-order valence-corrected chi connectivity index (χ1v) is 7.63. The molecule has 0 radical (unpaired) electrons. The molecule has 1 aliphatic rings. The first-order chi connectivity index (χ1) is 10.2. The average molecular weight is 289 g/mol. The van der Waals surface area contributed by atoms with Crippen LogP contribution >= 0.6 is 0 Å². The van der Waals surface area contributed by atoms with Gasteiger partial charge in [-0.1, -0.05) is 6.92 Å². The van der Waals surface area contributed by atoms with E-state index in [1.807, 2.05) is 6.92 Å². The number of H-pyrrole nitrogens is 1. The van der Waals surface area contributed by atoms with Crippen molar-refractivity contribution >= 4 is 22.9 Å². The molecule has 0 amide bonds. The SMILES string of the molecule is CCNc1nc(N2CCN(C)C(CC)C2)c2[nH]cnc2n1. The van der Waals surface area contributed by atoms with Gasteiger partial charge in [-0.25, -0.2) is 4.98 Å². The van der Waals surface area contributed by atoms with Crippen LogP contribution in [0.2, 0.25) is 0 Å². The summed E-state index contributed by atoms with van der Waals surface area (Å²) in [5.74, 6) is 1.61. The summed E-state index contributed by atoms with van der Waals surface area (Å²) in [7, 11) is 2.20. The molecule has 0 aromatic carbocycles. The number of aromatic nitrogens is 4. The molecule has 7 heteroatoms. The highest BCUT2D eigenvalue weighted by Crippen LogP contribution is 2.25. The van der Waals surface area contributed by atoms with Crippen molar-refractivity contribution in [3.8, 4) is 0 Å². The average Bonchev–Trinajstić information content (AvgIpc) is 2.96. The summed E-state index contributed by atoms with van der Waals surface area (Å²) in [6.45, 7) is 8.10. The number of rotatable bonds is 4. The third-order valence-electron chi connectivity index (χ3n) is 4.15. The van der Waals surface area contributed by atoms with Crippen LogP contribution in [0.1, 0.15) is 20.3 Å². The van der Waals surface area contributed by atoms with E-state index in [0.717, 1.165) is 49.6 Å². The first-order valence-electron chi connectivity index (χ1n) is 7.63. The molecule has 2 aromatic rings. The molecular weight excluding hydrogens is 266 g/mol. The topological polar surface area (TPSA) is 73.0 Å². The number of nitrogens with zero attached hydrogens (tertiary/aromatic N) is 5. The minimum Gasteiger partial charge on any atom is -0.354 e. The highest BCUT2D eigenvalue weighted by Gasteiger charge is 2.26. The molecule has 0 bridgehead atoms. The van der Waals surface area contributed by atoms with E-state index in [1.165, 1.54) is 0 Å². The second kappa shape index (κ2) is 5.85. The van der Waals surface area contributed by atoms with Crippen LogP contribution in [0.25, 0.3) is 11.2 Å². The lowest BCUT2D eigenvalue weighted by Gasteiger charge is -2.39. The Morgan fingerprint density at radius 2 is 2.19 bits per heavy atom. The summed E-state index contributed by atoms with van der Waals surface area (Å²) in [6.07, 6.45) is 2.83. The molecule has 3 heterocycles. The number of nitrogens with one attached hydrogen (secondary N) is 2. The third kappa shape index (κ3) is 2.65. The van der Waals surface area contributed by atoms with Gasteiger partial charge in [-0.3, -0.25) is 4.90 Å². The van der Waals surface area contributed by atoms with Crippen LogP contribution in [0.4, 0.5) is 11.8 Å². The zero-order valence-corrected chi connectivity index (χ0v) is 12.9. The van der Waals surface area contributed by atoms with Crippen LogP contribution in [0.3, 0.4) is 0 Å². The number of imidazole rings is 1. The zero-order valence-electron chi connectivity index (χ0n) is 12.9. The zero-order chi connectivity index (χ0) is 14.8. The lowest BCUT2D eigenvalue weighted by molar-refractivity contribution is 0.213. The van der Waals surface area contributed by atoms with Crippen LogP contribution in [0.5, 0.6) is 0 Å². The molecule has 2 N–H and O–H groups in total. The van der Waals surface area contributed by atoms with E-state index in [1.54, 1.807) is 6.33 Å².